The molecule has 0 bridgehead atoms. The van der Waals surface area contributed by atoms with Crippen molar-refractivity contribution in [1.29, 1.82) is 0 Å². The largest absolute Gasteiger partial charge is 0.488 e. The maximum absolute atomic E-state index is 11.9. The van der Waals surface area contributed by atoms with E-state index in [0.29, 0.717) is 6.54 Å². The lowest BCUT2D eigenvalue weighted by atomic mass is 10.1. The summed E-state index contributed by atoms with van der Waals surface area (Å²) in [6, 6.07) is 7.81. The zero-order chi connectivity index (χ0) is 14.8. The van der Waals surface area contributed by atoms with Crippen molar-refractivity contribution in [2.24, 2.45) is 0 Å². The first kappa shape index (κ1) is 14.8. The first-order valence-corrected chi connectivity index (χ1v) is 8.57. The topological polar surface area (TPSA) is 63.7 Å². The van der Waals surface area contributed by atoms with Crippen LogP contribution in [0.2, 0.25) is 0 Å². The number of rotatable bonds is 5. The van der Waals surface area contributed by atoms with E-state index in [2.05, 4.69) is 0 Å². The molecule has 1 atom stereocenters. The number of ether oxygens (including phenoxy) is 1. The average molecular weight is 297 g/mol. The normalized spacial score (nSPS) is 17.4. The second kappa shape index (κ2) is 5.83. The van der Waals surface area contributed by atoms with E-state index in [1.54, 1.807) is 11.9 Å². The van der Waals surface area contributed by atoms with E-state index in [1.165, 1.54) is 0 Å². The van der Waals surface area contributed by atoms with Gasteiger partial charge in [0.1, 0.15) is 21.7 Å². The highest BCUT2D eigenvalue weighted by Gasteiger charge is 2.25. The lowest BCUT2D eigenvalue weighted by Gasteiger charge is -2.21. The SMILES string of the molecule is CN(CC1Cc2ccccc2O1)C(=O)CCS(C)(=O)=O. The van der Waals surface area contributed by atoms with Gasteiger partial charge >= 0.3 is 0 Å². The maximum Gasteiger partial charge on any atom is 0.223 e. The monoisotopic (exact) mass is 297 g/mol. The Morgan fingerprint density at radius 1 is 1.40 bits per heavy atom. The second-order valence-electron chi connectivity index (χ2n) is 5.21. The molecule has 0 radical (unpaired) electrons. The van der Waals surface area contributed by atoms with Crippen LogP contribution in [0.25, 0.3) is 0 Å². The molecule has 1 amide bonds. The standard InChI is InChI=1S/C14H19NO4S/c1-15(14(16)7-8-20(2,17)18)10-12-9-11-5-3-4-6-13(11)19-12/h3-6,12H,7-10H2,1-2H3. The van der Waals surface area contributed by atoms with Crippen molar-refractivity contribution in [1.82, 2.24) is 4.90 Å². The number of sulfone groups is 1. The predicted octanol–water partition coefficient (Wildman–Crippen LogP) is 0.883. The van der Waals surface area contributed by atoms with Crippen LogP contribution < -0.4 is 4.74 Å². The molecule has 1 aliphatic rings. The number of carbonyl (C=O) groups excluding carboxylic acids is 1. The number of carbonyl (C=O) groups is 1. The molecule has 6 heteroatoms. The van der Waals surface area contributed by atoms with Gasteiger partial charge in [-0.05, 0) is 11.6 Å². The van der Waals surface area contributed by atoms with E-state index < -0.39 is 9.84 Å². The molecule has 1 aromatic carbocycles. The van der Waals surface area contributed by atoms with Crippen LogP contribution in [0, 0.1) is 0 Å². The molecule has 20 heavy (non-hydrogen) atoms. The van der Waals surface area contributed by atoms with E-state index in [9.17, 15) is 13.2 Å². The Balaban J connectivity index is 1.84. The van der Waals surface area contributed by atoms with Crippen LogP contribution in [-0.4, -0.2) is 50.9 Å². The van der Waals surface area contributed by atoms with Crippen LogP contribution in [0.15, 0.2) is 24.3 Å². The molecule has 1 unspecified atom stereocenters. The Kier molecular flexibility index (Phi) is 4.32. The van der Waals surface area contributed by atoms with Crippen molar-refractivity contribution in [2.45, 2.75) is 18.9 Å². The molecule has 0 N–H and O–H groups in total. The van der Waals surface area contributed by atoms with Gasteiger partial charge in [0.05, 0.1) is 12.3 Å². The van der Waals surface area contributed by atoms with Crippen molar-refractivity contribution in [2.75, 3.05) is 25.6 Å². The molecule has 1 aromatic rings. The Hall–Kier alpha value is -1.56. The molecule has 1 heterocycles. The lowest BCUT2D eigenvalue weighted by molar-refractivity contribution is -0.130. The zero-order valence-electron chi connectivity index (χ0n) is 11.7. The van der Waals surface area contributed by atoms with Gasteiger partial charge in [0, 0.05) is 26.1 Å². The molecule has 0 saturated heterocycles. The van der Waals surface area contributed by atoms with E-state index in [-0.39, 0.29) is 24.2 Å². The molecule has 1 aliphatic heterocycles. The first-order valence-electron chi connectivity index (χ1n) is 6.51. The third-order valence-electron chi connectivity index (χ3n) is 3.30. The summed E-state index contributed by atoms with van der Waals surface area (Å²) in [5.74, 6) is 0.589. The maximum atomic E-state index is 11.9. The Bertz CT molecular complexity index is 572. The van der Waals surface area contributed by atoms with Gasteiger partial charge in [0.15, 0.2) is 0 Å². The summed E-state index contributed by atoms with van der Waals surface area (Å²) in [5.41, 5.74) is 1.15. The molecule has 2 rings (SSSR count). The zero-order valence-corrected chi connectivity index (χ0v) is 12.5. The summed E-state index contributed by atoms with van der Waals surface area (Å²) < 4.78 is 27.9. The van der Waals surface area contributed by atoms with Crippen LogP contribution >= 0.6 is 0 Å². The summed E-state index contributed by atoms with van der Waals surface area (Å²) in [5, 5.41) is 0. The van der Waals surface area contributed by atoms with Gasteiger partial charge in [0.2, 0.25) is 5.91 Å². The smallest absolute Gasteiger partial charge is 0.223 e. The highest BCUT2D eigenvalue weighted by Crippen LogP contribution is 2.28. The van der Waals surface area contributed by atoms with Gasteiger partial charge in [-0.3, -0.25) is 4.79 Å². The fourth-order valence-corrected chi connectivity index (χ4v) is 2.77. The van der Waals surface area contributed by atoms with Crippen LogP contribution in [0.4, 0.5) is 0 Å². The van der Waals surface area contributed by atoms with Crippen molar-refractivity contribution < 1.29 is 17.9 Å². The van der Waals surface area contributed by atoms with Crippen molar-refractivity contribution in [3.05, 3.63) is 29.8 Å². The first-order chi connectivity index (χ1) is 9.35. The minimum Gasteiger partial charge on any atom is -0.488 e. The van der Waals surface area contributed by atoms with Gasteiger partial charge in [0.25, 0.3) is 0 Å². The summed E-state index contributed by atoms with van der Waals surface area (Å²) in [6.45, 7) is 0.470. The van der Waals surface area contributed by atoms with Gasteiger partial charge in [-0.2, -0.15) is 0 Å². The fraction of sp³-hybridized carbons (Fsp3) is 0.500. The molecule has 0 aromatic heterocycles. The molecular formula is C14H19NO4S. The number of amides is 1. The van der Waals surface area contributed by atoms with E-state index in [1.807, 2.05) is 24.3 Å². The third-order valence-corrected chi connectivity index (χ3v) is 4.25. The fourth-order valence-electron chi connectivity index (χ4n) is 2.23. The average Bonchev–Trinajstić information content (AvgIpc) is 2.76. The summed E-state index contributed by atoms with van der Waals surface area (Å²) >= 11 is 0. The molecule has 0 saturated carbocycles. The Morgan fingerprint density at radius 2 is 2.10 bits per heavy atom. The number of hydrogen-bond donors (Lipinski definition) is 0. The molecule has 0 spiro atoms. The quantitative estimate of drug-likeness (QED) is 0.809. The van der Waals surface area contributed by atoms with E-state index in [0.717, 1.165) is 24.0 Å². The predicted molar refractivity (Wildman–Crippen MR) is 76.5 cm³/mol. The Labute approximate surface area is 119 Å². The minimum absolute atomic E-state index is 0.0228. The Morgan fingerprint density at radius 3 is 2.75 bits per heavy atom. The van der Waals surface area contributed by atoms with Gasteiger partial charge < -0.3 is 9.64 Å². The van der Waals surface area contributed by atoms with E-state index >= 15 is 0 Å². The molecule has 0 aliphatic carbocycles. The van der Waals surface area contributed by atoms with Gasteiger partial charge in [-0.25, -0.2) is 8.42 Å². The van der Waals surface area contributed by atoms with Crippen molar-refractivity contribution >= 4 is 15.7 Å². The number of likely N-dealkylation sites (N-methyl/N-ethyl adjacent to an activating group) is 1. The minimum atomic E-state index is -3.10. The molecule has 5 nitrogen and oxygen atoms in total. The number of benzene rings is 1. The van der Waals surface area contributed by atoms with Crippen LogP contribution in [0.3, 0.4) is 0 Å². The number of fused-ring (bicyclic) bond motifs is 1. The number of nitrogens with zero attached hydrogens (tertiary/aromatic N) is 1. The van der Waals surface area contributed by atoms with Crippen LogP contribution in [0.5, 0.6) is 5.75 Å². The summed E-state index contributed by atoms with van der Waals surface area (Å²) in [6.07, 6.45) is 1.88. The van der Waals surface area contributed by atoms with Crippen molar-refractivity contribution in [3.8, 4) is 5.75 Å². The van der Waals surface area contributed by atoms with Crippen molar-refractivity contribution in [3.63, 3.8) is 0 Å². The lowest BCUT2D eigenvalue weighted by Crippen LogP contribution is -2.37. The second-order valence-corrected chi connectivity index (χ2v) is 7.47. The summed E-state index contributed by atoms with van der Waals surface area (Å²) in [4.78, 5) is 13.4. The summed E-state index contributed by atoms with van der Waals surface area (Å²) in [7, 11) is -1.42. The highest BCUT2D eigenvalue weighted by molar-refractivity contribution is 7.90. The van der Waals surface area contributed by atoms with Gasteiger partial charge in [-0.1, -0.05) is 18.2 Å². The molecular weight excluding hydrogens is 278 g/mol. The van der Waals surface area contributed by atoms with Crippen LogP contribution in [-0.2, 0) is 21.1 Å². The highest BCUT2D eigenvalue weighted by atomic mass is 32.2. The number of para-hydroxylation sites is 1. The third kappa shape index (κ3) is 3.96. The van der Waals surface area contributed by atoms with Crippen LogP contribution in [0.1, 0.15) is 12.0 Å². The van der Waals surface area contributed by atoms with Gasteiger partial charge in [-0.15, -0.1) is 0 Å². The van der Waals surface area contributed by atoms with E-state index in [4.69, 9.17) is 4.74 Å². The number of hydrogen-bond acceptors (Lipinski definition) is 4. The molecule has 110 valence electrons. The molecule has 0 fully saturated rings.